The van der Waals surface area contributed by atoms with Crippen molar-refractivity contribution in [2.45, 2.75) is 219 Å². The van der Waals surface area contributed by atoms with E-state index in [0.29, 0.717) is 182 Å². The number of hydrogen-bond acceptors (Lipinski definition) is 14. The van der Waals surface area contributed by atoms with Crippen molar-refractivity contribution in [1.29, 1.82) is 0 Å². The highest BCUT2D eigenvalue weighted by atomic mass is 32.2. The number of sulfonamides is 2. The van der Waals surface area contributed by atoms with Crippen LogP contribution in [0.15, 0.2) is 97.1 Å². The summed E-state index contributed by atoms with van der Waals surface area (Å²) in [5.41, 5.74) is 6.55. The number of carbonyl (C=O) groups is 5. The predicted molar refractivity (Wildman–Crippen MR) is 465 cm³/mol. The van der Waals surface area contributed by atoms with Crippen molar-refractivity contribution >= 4 is 49.6 Å². The van der Waals surface area contributed by atoms with Crippen molar-refractivity contribution < 1.29 is 93.5 Å². The lowest BCUT2D eigenvalue weighted by molar-refractivity contribution is -0.139. The molecule has 5 amide bonds. The number of carbonyl (C=O) groups excluding carboxylic acids is 5. The Morgan fingerprint density at radius 3 is 0.931 bits per heavy atom. The number of nitrogens with zero attached hydrogens (tertiary/aromatic N) is 12. The number of likely N-dealkylation sites (tertiary alicyclic amines) is 4. The Hall–Kier alpha value is -9.99. The number of aromatic amines is 4. The molecule has 12 heterocycles. The zero-order valence-electron chi connectivity index (χ0n) is 74.7. The lowest BCUT2D eigenvalue weighted by Crippen LogP contribution is -2.41. The number of hydrogen-bond donors (Lipinski definition) is 4. The SMILES string of the molecule is CC(C)CC(=O)N1CCc2c(C(=O)N3CCC(c4ccccc4C(F)(F)F)CC3)n[nH]c2C1.CC(C)CN1CCc2c(C(=O)N3CCC(c4ccccc4C(F)(F)F)CC3)n[nH]c2C1.CC(C)CS(=O)(=O)N1CCc2c(C(=O)N3CCC(c4ccccc4C(F)(F)F)CC3)n[nH]c2C1.CC(C)S(=O)(=O)N1CCc2c(C(=O)N3CCC(c4ccccc4C(F)(F)F)CC3)n[nH]c2C1. The van der Waals surface area contributed by atoms with E-state index in [9.17, 15) is 93.5 Å². The van der Waals surface area contributed by atoms with Crippen molar-refractivity contribution in [2.24, 2.45) is 17.8 Å². The zero-order chi connectivity index (χ0) is 94.6. The van der Waals surface area contributed by atoms with Crippen LogP contribution >= 0.6 is 0 Å². The molecule has 0 atom stereocenters. The number of H-pyrrole nitrogens is 4. The van der Waals surface area contributed by atoms with Crippen LogP contribution in [0.5, 0.6) is 0 Å². The fourth-order valence-corrected chi connectivity index (χ4v) is 22.2. The lowest BCUT2D eigenvalue weighted by atomic mass is 9.86. The zero-order valence-corrected chi connectivity index (χ0v) is 76.3. The van der Waals surface area contributed by atoms with Crippen LogP contribution in [0.25, 0.3) is 0 Å². The monoisotopic (exact) mass is 1880 g/mol. The van der Waals surface area contributed by atoms with E-state index in [4.69, 9.17) is 0 Å². The van der Waals surface area contributed by atoms with Crippen LogP contribution in [-0.2, 0) is 101 Å². The molecule has 4 N–H and O–H groups in total. The Bertz CT molecular complexity index is 5590. The molecule has 0 saturated carbocycles. The van der Waals surface area contributed by atoms with Gasteiger partial charge in [-0.15, -0.1) is 0 Å². The molecule has 16 rings (SSSR count). The molecule has 8 aromatic rings. The molecule has 712 valence electrons. The molecule has 4 fully saturated rings. The molecule has 0 unspecified atom stereocenters. The second-order valence-corrected chi connectivity index (χ2v) is 41.2. The van der Waals surface area contributed by atoms with E-state index in [1.165, 1.54) is 45.0 Å². The molecule has 39 heteroatoms. The van der Waals surface area contributed by atoms with Crippen LogP contribution in [0.1, 0.15) is 268 Å². The van der Waals surface area contributed by atoms with Crippen molar-refractivity contribution in [3.8, 4) is 0 Å². The minimum absolute atomic E-state index is 0.0105. The van der Waals surface area contributed by atoms with Gasteiger partial charge in [0, 0.05) is 120 Å². The largest absolute Gasteiger partial charge is 0.416 e. The smallest absolute Gasteiger partial charge is 0.337 e. The second-order valence-electron chi connectivity index (χ2n) is 36.7. The minimum Gasteiger partial charge on any atom is -0.337 e. The van der Waals surface area contributed by atoms with E-state index in [0.717, 1.165) is 84.0 Å². The molecule has 8 aliphatic heterocycles. The van der Waals surface area contributed by atoms with Gasteiger partial charge in [0.2, 0.25) is 26.0 Å². The Balaban J connectivity index is 0.000000149. The van der Waals surface area contributed by atoms with Crippen molar-refractivity contribution in [2.75, 3.05) is 90.8 Å². The quantitative estimate of drug-likeness (QED) is 0.0617. The highest BCUT2D eigenvalue weighted by molar-refractivity contribution is 7.89. The van der Waals surface area contributed by atoms with Crippen molar-refractivity contribution in [3.05, 3.63) is 209 Å². The van der Waals surface area contributed by atoms with E-state index < -0.39 is 72.3 Å². The average molecular weight is 1880 g/mol. The van der Waals surface area contributed by atoms with Crippen LogP contribution in [0, 0.1) is 17.8 Å². The van der Waals surface area contributed by atoms with Crippen molar-refractivity contribution in [1.82, 2.24) is 78.8 Å². The van der Waals surface area contributed by atoms with E-state index in [1.807, 2.05) is 27.7 Å². The average Bonchev–Trinajstić information content (AvgIpc) is 1.60. The molecule has 0 aliphatic carbocycles. The van der Waals surface area contributed by atoms with Gasteiger partial charge in [0.05, 0.1) is 75.7 Å². The van der Waals surface area contributed by atoms with E-state index >= 15 is 0 Å². The van der Waals surface area contributed by atoms with Gasteiger partial charge >= 0.3 is 24.7 Å². The maximum absolute atomic E-state index is 13.4. The maximum atomic E-state index is 13.4. The highest BCUT2D eigenvalue weighted by Gasteiger charge is 2.44. The third-order valence-electron chi connectivity index (χ3n) is 26.0. The van der Waals surface area contributed by atoms with Gasteiger partial charge in [-0.25, -0.2) is 16.8 Å². The molecule has 4 saturated heterocycles. The van der Waals surface area contributed by atoms with E-state index in [2.05, 4.69) is 59.5 Å². The second kappa shape index (κ2) is 40.8. The Morgan fingerprint density at radius 1 is 0.351 bits per heavy atom. The summed E-state index contributed by atoms with van der Waals surface area (Å²) in [6.07, 6.45) is -11.2. The summed E-state index contributed by atoms with van der Waals surface area (Å²) in [6, 6.07) is 22.7. The third-order valence-corrected chi connectivity index (χ3v) is 30.4. The number of benzene rings is 4. The number of nitrogens with one attached hydrogen (secondary N) is 4. The summed E-state index contributed by atoms with van der Waals surface area (Å²) in [7, 11) is -6.80. The molecular weight excluding hydrogens is 1770 g/mol. The first kappa shape index (κ1) is 98.5. The predicted octanol–water partition coefficient (Wildman–Crippen LogP) is 16.2. The summed E-state index contributed by atoms with van der Waals surface area (Å²) >= 11 is 0. The Kier molecular flexibility index (Phi) is 30.7. The molecule has 25 nitrogen and oxygen atoms in total. The first-order chi connectivity index (χ1) is 61.9. The number of aromatic nitrogens is 8. The van der Waals surface area contributed by atoms with Crippen LogP contribution in [0.3, 0.4) is 0 Å². The van der Waals surface area contributed by atoms with Gasteiger partial charge in [-0.2, -0.15) is 81.7 Å². The number of rotatable bonds is 17. The van der Waals surface area contributed by atoms with Gasteiger partial charge in [-0.1, -0.05) is 114 Å². The van der Waals surface area contributed by atoms with Crippen LogP contribution in [0.4, 0.5) is 52.7 Å². The molecule has 0 radical (unpaired) electrons. The van der Waals surface area contributed by atoms with Gasteiger partial charge in [0.25, 0.3) is 23.6 Å². The maximum Gasteiger partial charge on any atom is 0.416 e. The van der Waals surface area contributed by atoms with Gasteiger partial charge in [-0.05, 0) is 179 Å². The summed E-state index contributed by atoms with van der Waals surface area (Å²) in [5.74, 6) is -0.782. The molecule has 0 spiro atoms. The van der Waals surface area contributed by atoms with Crippen LogP contribution in [0.2, 0.25) is 0 Å². The van der Waals surface area contributed by atoms with E-state index in [1.54, 1.807) is 74.7 Å². The minimum atomic E-state index is -4.41. The van der Waals surface area contributed by atoms with Gasteiger partial charge < -0.3 is 24.5 Å². The first-order valence-corrected chi connectivity index (χ1v) is 48.0. The number of fused-ring (bicyclic) bond motifs is 4. The summed E-state index contributed by atoms with van der Waals surface area (Å²) in [6.45, 7) is 22.9. The summed E-state index contributed by atoms with van der Waals surface area (Å²) in [4.78, 5) is 75.8. The molecular formula is C92H114F12N16O9S2. The number of alkyl halides is 12. The summed E-state index contributed by atoms with van der Waals surface area (Å²) < 4.78 is 214. The van der Waals surface area contributed by atoms with Gasteiger partial charge in [-0.3, -0.25) is 49.3 Å². The Labute approximate surface area is 754 Å². The summed E-state index contributed by atoms with van der Waals surface area (Å²) in [5, 5.41) is 28.0. The normalized spacial score (nSPS) is 18.2. The van der Waals surface area contributed by atoms with Gasteiger partial charge in [0.1, 0.15) is 0 Å². The van der Waals surface area contributed by atoms with Crippen LogP contribution < -0.4 is 0 Å². The standard InChI is InChI=1S/C24H29F3N4O2.C23H29F3N4O3S.C23H29F3N4O.C22H27F3N4O3S/c1-15(2)13-21(32)31-12-9-18-20(14-31)28-29-22(18)23(33)30-10-7-16(8-11-30)17-5-3-4-6-19(17)24(25,26)27;1-15(2)14-34(32,33)30-12-9-18-20(13-30)27-28-21(18)22(31)29-10-7-16(8-11-29)17-5-3-4-6-19(17)23(24,25)26;1-15(2)13-29-10-9-18-20(14-29)27-28-21(18)22(31)30-11-7-16(8-12-30)17-5-3-4-6-19(17)23(24,25)26;1-14(2)33(31,32)29-12-9-17-19(13-29)26-27-20(17)21(30)28-10-7-15(8-11-28)16-5-3-4-6-18(16)22(23,24)25/h3-6,15-16H,7-14H2,1-2H3,(H,28,29);3-6,15-16H,7-14H2,1-2H3,(H,27,28);3-6,15-16H,7-14H2,1-2H3,(H,27,28);3-6,14-15H,7-13H2,1-2H3,(H,26,27). The van der Waals surface area contributed by atoms with Gasteiger partial charge in [0.15, 0.2) is 22.8 Å². The van der Waals surface area contributed by atoms with E-state index in [-0.39, 0.29) is 119 Å². The first-order valence-electron chi connectivity index (χ1n) is 44.9. The molecule has 4 aromatic carbocycles. The highest BCUT2D eigenvalue weighted by Crippen LogP contribution is 2.45. The number of amides is 5. The fraction of sp³-hybridized carbons (Fsp3) is 0.554. The van der Waals surface area contributed by atoms with Crippen molar-refractivity contribution in [3.63, 3.8) is 0 Å². The Morgan fingerprint density at radius 2 is 0.634 bits per heavy atom. The molecule has 4 aromatic heterocycles. The molecule has 8 aliphatic rings. The lowest BCUT2D eigenvalue weighted by Gasteiger charge is -2.33. The molecule has 131 heavy (non-hydrogen) atoms. The van der Waals surface area contributed by atoms with Crippen LogP contribution in [-0.4, -0.2) is 221 Å². The topological polar surface area (TPSA) is 294 Å². The third kappa shape index (κ3) is 23.1. The fourth-order valence-electron chi connectivity index (χ4n) is 19.2. The number of halogens is 12. The molecule has 0 bridgehead atoms. The number of piperidine rings is 4.